The topological polar surface area (TPSA) is 63.4 Å². The lowest BCUT2D eigenvalue weighted by atomic mass is 9.95. The third-order valence-electron chi connectivity index (χ3n) is 3.81. The molecule has 1 aromatic carbocycles. The zero-order valence-corrected chi connectivity index (χ0v) is 11.5. The predicted molar refractivity (Wildman–Crippen MR) is 73.7 cm³/mol. The third-order valence-corrected chi connectivity index (χ3v) is 3.81. The van der Waals surface area contributed by atoms with Crippen molar-refractivity contribution >= 4 is 11.8 Å². The molecule has 0 saturated carbocycles. The summed E-state index contributed by atoms with van der Waals surface area (Å²) in [5, 5.41) is 0. The first-order chi connectivity index (χ1) is 8.99. The Kier molecular flexibility index (Phi) is 3.88. The average Bonchev–Trinajstić information content (AvgIpc) is 2.41. The molecule has 2 rings (SSSR count). The number of piperidine rings is 1. The summed E-state index contributed by atoms with van der Waals surface area (Å²) in [4.78, 5) is 25.4. The maximum absolute atomic E-state index is 12.5. The zero-order chi connectivity index (χ0) is 14.0. The van der Waals surface area contributed by atoms with Crippen LogP contribution in [0, 0.1) is 19.8 Å². The third kappa shape index (κ3) is 2.95. The first-order valence-corrected chi connectivity index (χ1v) is 6.65. The highest BCUT2D eigenvalue weighted by Gasteiger charge is 2.26. The molecular weight excluding hydrogens is 240 g/mol. The number of aryl methyl sites for hydroxylation is 2. The molecule has 4 nitrogen and oxygen atoms in total. The SMILES string of the molecule is Cc1ccc(C)c(C(=O)N2CCC(C(N)=O)CC2)c1. The van der Waals surface area contributed by atoms with Crippen molar-refractivity contribution in [2.75, 3.05) is 13.1 Å². The molecule has 0 atom stereocenters. The van der Waals surface area contributed by atoms with Crippen molar-refractivity contribution in [3.63, 3.8) is 0 Å². The first-order valence-electron chi connectivity index (χ1n) is 6.65. The number of carbonyl (C=O) groups is 2. The molecule has 0 aromatic heterocycles. The van der Waals surface area contributed by atoms with Gasteiger partial charge in [0.25, 0.3) is 5.91 Å². The van der Waals surface area contributed by atoms with Crippen LogP contribution in [0.1, 0.15) is 34.3 Å². The summed E-state index contributed by atoms with van der Waals surface area (Å²) in [5.41, 5.74) is 8.14. The predicted octanol–water partition coefficient (Wildman–Crippen LogP) is 1.64. The Hall–Kier alpha value is -1.84. The van der Waals surface area contributed by atoms with Gasteiger partial charge in [-0.3, -0.25) is 9.59 Å². The van der Waals surface area contributed by atoms with Gasteiger partial charge in [-0.2, -0.15) is 0 Å². The van der Waals surface area contributed by atoms with Crippen LogP contribution >= 0.6 is 0 Å². The van der Waals surface area contributed by atoms with Gasteiger partial charge in [-0.05, 0) is 38.3 Å². The minimum absolute atomic E-state index is 0.0594. The number of nitrogens with zero attached hydrogens (tertiary/aromatic N) is 1. The van der Waals surface area contributed by atoms with E-state index in [9.17, 15) is 9.59 Å². The number of hydrogen-bond acceptors (Lipinski definition) is 2. The molecule has 2 N–H and O–H groups in total. The second kappa shape index (κ2) is 5.43. The number of amides is 2. The summed E-state index contributed by atoms with van der Waals surface area (Å²) < 4.78 is 0. The highest BCUT2D eigenvalue weighted by molar-refractivity contribution is 5.96. The zero-order valence-electron chi connectivity index (χ0n) is 11.5. The number of carbonyl (C=O) groups excluding carboxylic acids is 2. The lowest BCUT2D eigenvalue weighted by molar-refractivity contribution is -0.123. The number of likely N-dealkylation sites (tertiary alicyclic amines) is 1. The van der Waals surface area contributed by atoms with E-state index in [1.807, 2.05) is 36.9 Å². The molecular formula is C15H20N2O2. The molecule has 0 bridgehead atoms. The summed E-state index contributed by atoms with van der Waals surface area (Å²) in [6.07, 6.45) is 1.35. The van der Waals surface area contributed by atoms with Crippen LogP contribution in [0.5, 0.6) is 0 Å². The lowest BCUT2D eigenvalue weighted by Crippen LogP contribution is -2.41. The molecule has 1 heterocycles. The van der Waals surface area contributed by atoms with E-state index in [0.717, 1.165) is 16.7 Å². The fraction of sp³-hybridized carbons (Fsp3) is 0.467. The molecule has 1 fully saturated rings. The van der Waals surface area contributed by atoms with E-state index in [-0.39, 0.29) is 17.7 Å². The summed E-state index contributed by atoms with van der Waals surface area (Å²) in [6, 6.07) is 5.90. The normalized spacial score (nSPS) is 16.4. The highest BCUT2D eigenvalue weighted by atomic mass is 16.2. The molecule has 1 aliphatic heterocycles. The second-order valence-corrected chi connectivity index (χ2v) is 5.29. The maximum Gasteiger partial charge on any atom is 0.254 e. The Morgan fingerprint density at radius 2 is 1.84 bits per heavy atom. The summed E-state index contributed by atoms with van der Waals surface area (Å²) >= 11 is 0. The van der Waals surface area contributed by atoms with E-state index < -0.39 is 0 Å². The Balaban J connectivity index is 2.09. The average molecular weight is 260 g/mol. The van der Waals surface area contributed by atoms with Crippen molar-refractivity contribution in [1.29, 1.82) is 0 Å². The van der Waals surface area contributed by atoms with E-state index in [4.69, 9.17) is 5.73 Å². The minimum atomic E-state index is -0.251. The number of hydrogen-bond donors (Lipinski definition) is 1. The lowest BCUT2D eigenvalue weighted by Gasteiger charge is -2.31. The fourth-order valence-electron chi connectivity index (χ4n) is 2.50. The van der Waals surface area contributed by atoms with Gasteiger partial charge in [-0.25, -0.2) is 0 Å². The molecule has 0 unspecified atom stereocenters. The molecule has 19 heavy (non-hydrogen) atoms. The molecule has 2 amide bonds. The first kappa shape index (κ1) is 13.6. The molecule has 4 heteroatoms. The van der Waals surface area contributed by atoms with Crippen LogP contribution in [0.4, 0.5) is 0 Å². The Bertz CT molecular complexity index is 503. The van der Waals surface area contributed by atoms with Crippen LogP contribution in [-0.4, -0.2) is 29.8 Å². The number of rotatable bonds is 2. The van der Waals surface area contributed by atoms with E-state index in [0.29, 0.717) is 25.9 Å². The summed E-state index contributed by atoms with van der Waals surface area (Å²) in [7, 11) is 0. The molecule has 0 aliphatic carbocycles. The Labute approximate surface area is 113 Å². The fourth-order valence-corrected chi connectivity index (χ4v) is 2.50. The van der Waals surface area contributed by atoms with E-state index in [1.54, 1.807) is 0 Å². The van der Waals surface area contributed by atoms with E-state index >= 15 is 0 Å². The van der Waals surface area contributed by atoms with Gasteiger partial charge in [-0.1, -0.05) is 17.7 Å². The monoisotopic (exact) mass is 260 g/mol. The number of benzene rings is 1. The molecule has 1 saturated heterocycles. The van der Waals surface area contributed by atoms with Crippen molar-refractivity contribution in [3.05, 3.63) is 34.9 Å². The largest absolute Gasteiger partial charge is 0.369 e. The highest BCUT2D eigenvalue weighted by Crippen LogP contribution is 2.20. The minimum Gasteiger partial charge on any atom is -0.369 e. The van der Waals surface area contributed by atoms with Crippen LogP contribution in [-0.2, 0) is 4.79 Å². The van der Waals surface area contributed by atoms with Gasteiger partial charge in [0.15, 0.2) is 0 Å². The smallest absolute Gasteiger partial charge is 0.254 e. The Morgan fingerprint density at radius 3 is 2.42 bits per heavy atom. The van der Waals surface area contributed by atoms with Crippen LogP contribution in [0.15, 0.2) is 18.2 Å². The van der Waals surface area contributed by atoms with Crippen LogP contribution < -0.4 is 5.73 Å². The van der Waals surface area contributed by atoms with Gasteiger partial charge in [0.2, 0.25) is 5.91 Å². The quantitative estimate of drug-likeness (QED) is 0.878. The van der Waals surface area contributed by atoms with Crippen molar-refractivity contribution < 1.29 is 9.59 Å². The van der Waals surface area contributed by atoms with Crippen molar-refractivity contribution in [2.45, 2.75) is 26.7 Å². The van der Waals surface area contributed by atoms with Gasteiger partial charge >= 0.3 is 0 Å². The summed E-state index contributed by atoms with van der Waals surface area (Å²) in [6.45, 7) is 5.15. The molecule has 0 spiro atoms. The molecule has 1 aromatic rings. The van der Waals surface area contributed by atoms with Crippen LogP contribution in [0.3, 0.4) is 0 Å². The van der Waals surface area contributed by atoms with Crippen LogP contribution in [0.25, 0.3) is 0 Å². The van der Waals surface area contributed by atoms with Crippen molar-refractivity contribution in [2.24, 2.45) is 11.7 Å². The molecule has 1 aliphatic rings. The van der Waals surface area contributed by atoms with Gasteiger partial charge < -0.3 is 10.6 Å². The van der Waals surface area contributed by atoms with Gasteiger partial charge in [0.05, 0.1) is 0 Å². The molecule has 0 radical (unpaired) electrons. The van der Waals surface area contributed by atoms with E-state index in [2.05, 4.69) is 0 Å². The number of primary amides is 1. The van der Waals surface area contributed by atoms with E-state index in [1.165, 1.54) is 0 Å². The number of nitrogens with two attached hydrogens (primary N) is 1. The standard InChI is InChI=1S/C15H20N2O2/c1-10-3-4-11(2)13(9-10)15(19)17-7-5-12(6-8-17)14(16)18/h3-4,9,12H,5-8H2,1-2H3,(H2,16,18). The maximum atomic E-state index is 12.5. The summed E-state index contributed by atoms with van der Waals surface area (Å²) in [5.74, 6) is -0.273. The Morgan fingerprint density at radius 1 is 1.21 bits per heavy atom. The second-order valence-electron chi connectivity index (χ2n) is 5.29. The van der Waals surface area contributed by atoms with Gasteiger partial charge in [0.1, 0.15) is 0 Å². The van der Waals surface area contributed by atoms with Crippen LogP contribution in [0.2, 0.25) is 0 Å². The van der Waals surface area contributed by atoms with Crippen molar-refractivity contribution in [3.8, 4) is 0 Å². The van der Waals surface area contributed by atoms with Crippen molar-refractivity contribution in [1.82, 2.24) is 4.90 Å². The van der Waals surface area contributed by atoms with Gasteiger partial charge in [0, 0.05) is 24.6 Å². The van der Waals surface area contributed by atoms with Gasteiger partial charge in [-0.15, -0.1) is 0 Å². The molecule has 102 valence electrons.